The van der Waals surface area contributed by atoms with E-state index in [9.17, 15) is 37.5 Å². The number of fused-ring (bicyclic) bond motifs is 1. The van der Waals surface area contributed by atoms with Crippen molar-refractivity contribution in [1.29, 1.82) is 0 Å². The summed E-state index contributed by atoms with van der Waals surface area (Å²) in [6.07, 6.45) is -0.870. The van der Waals surface area contributed by atoms with E-state index < -0.39 is 79.4 Å². The van der Waals surface area contributed by atoms with Crippen molar-refractivity contribution in [3.05, 3.63) is 103 Å². The van der Waals surface area contributed by atoms with E-state index in [1.54, 1.807) is 70.3 Å². The van der Waals surface area contributed by atoms with Crippen molar-refractivity contribution in [3.8, 4) is 22.8 Å². The zero-order valence-corrected chi connectivity index (χ0v) is 34.5. The van der Waals surface area contributed by atoms with Gasteiger partial charge in [-0.15, -0.1) is 6.58 Å². The van der Waals surface area contributed by atoms with Gasteiger partial charge in [0.2, 0.25) is 21.8 Å². The molecule has 7 rings (SSSR count). The van der Waals surface area contributed by atoms with Gasteiger partial charge in [0.15, 0.2) is 10.5 Å². The molecule has 0 spiro atoms. The van der Waals surface area contributed by atoms with Gasteiger partial charge in [0.25, 0.3) is 5.91 Å². The summed E-state index contributed by atoms with van der Waals surface area (Å²) in [6, 6.07) is 21.9. The Bertz CT molecular complexity index is 2490. The fourth-order valence-corrected chi connectivity index (χ4v) is 9.50. The number of carbonyl (C=O) groups excluding carboxylic acids is 4. The van der Waals surface area contributed by atoms with Crippen LogP contribution in [0.4, 0.5) is 4.79 Å². The number of pyridine rings is 1. The van der Waals surface area contributed by atoms with Crippen molar-refractivity contribution < 1.29 is 47.0 Å². The van der Waals surface area contributed by atoms with Crippen LogP contribution in [-0.4, -0.2) is 95.1 Å². The number of benzene rings is 3. The quantitative estimate of drug-likeness (QED) is 0.0995. The summed E-state index contributed by atoms with van der Waals surface area (Å²) in [5.74, 6) is -2.86. The van der Waals surface area contributed by atoms with E-state index >= 15 is 0 Å². The number of nitrogens with zero attached hydrogens (tertiary/aromatic N) is 2. The SMILES string of the molecule is C=CC1CC1(NC(=O)C1CC(Oc2cc(-c3ccccc3)nc3cc(OC)ccc23)CN1C(=O)C(NC(=O)O)C(C)(C)C)C(=O)NS(=O)(=O)C1(C(=O)c2ccccc2)CC1. The molecule has 1 aromatic heterocycles. The van der Waals surface area contributed by atoms with Gasteiger partial charge in [0, 0.05) is 41.0 Å². The summed E-state index contributed by atoms with van der Waals surface area (Å²) in [4.78, 5) is 74.4. The van der Waals surface area contributed by atoms with Gasteiger partial charge in [0.1, 0.15) is 35.2 Å². The Labute approximate surface area is 347 Å². The van der Waals surface area contributed by atoms with Gasteiger partial charge >= 0.3 is 6.09 Å². The molecule has 3 aromatic carbocycles. The second kappa shape index (κ2) is 15.7. The van der Waals surface area contributed by atoms with Crippen LogP contribution in [0.3, 0.4) is 0 Å². The Morgan fingerprint density at radius 2 is 1.65 bits per heavy atom. The van der Waals surface area contributed by atoms with Gasteiger partial charge in [-0.3, -0.25) is 23.9 Å². The van der Waals surface area contributed by atoms with E-state index in [-0.39, 0.29) is 37.8 Å². The Kier molecular flexibility index (Phi) is 11.0. The van der Waals surface area contributed by atoms with Crippen molar-refractivity contribution in [1.82, 2.24) is 25.2 Å². The number of sulfonamides is 1. The number of ketones is 1. The van der Waals surface area contributed by atoms with E-state index in [1.807, 2.05) is 30.3 Å². The summed E-state index contributed by atoms with van der Waals surface area (Å²) in [6.45, 7) is 8.68. The summed E-state index contributed by atoms with van der Waals surface area (Å²) in [5.41, 5.74) is -0.541. The smallest absolute Gasteiger partial charge is 0.405 e. The number of likely N-dealkylation sites (tertiary alicyclic amines) is 1. The molecule has 314 valence electrons. The molecule has 4 amide bonds. The number of aromatic nitrogens is 1. The van der Waals surface area contributed by atoms with Crippen molar-refractivity contribution in [2.75, 3.05) is 13.7 Å². The molecule has 0 bridgehead atoms. The number of rotatable bonds is 14. The lowest BCUT2D eigenvalue weighted by molar-refractivity contribution is -0.142. The summed E-state index contributed by atoms with van der Waals surface area (Å²) in [7, 11) is -3.03. The van der Waals surface area contributed by atoms with Gasteiger partial charge in [0.05, 0.1) is 24.9 Å². The number of nitrogens with one attached hydrogen (secondary N) is 3. The molecule has 2 heterocycles. The Hall–Kier alpha value is -6.29. The van der Waals surface area contributed by atoms with Crippen LogP contribution in [0.1, 0.15) is 56.8 Å². The van der Waals surface area contributed by atoms with Crippen LogP contribution in [0.25, 0.3) is 22.2 Å². The fourth-order valence-electron chi connectivity index (χ4n) is 7.88. The Balaban J connectivity index is 1.19. The standard InChI is InChI=1S/C44H47N5O10S/c1-6-28-24-44(28,40(53)48-60(56,57)43(19-20-43)37(50)27-15-11-8-12-16-27)47-38(51)34-22-30(25-49(34)39(52)36(42(2,3)4)46-41(54)55)59-35-23-32(26-13-9-7-10-14-26)45-33-21-29(58-5)17-18-31(33)35/h6-18,21,23,28,30,34,36,46H,1,19-20,22,24-25H2,2-5H3,(H,47,51)(H,48,53)(H,54,55). The molecule has 4 N–H and O–H groups in total. The molecule has 1 aliphatic heterocycles. The van der Waals surface area contributed by atoms with Crippen molar-refractivity contribution in [3.63, 3.8) is 0 Å². The average molecular weight is 838 g/mol. The van der Waals surface area contributed by atoms with Gasteiger partial charge < -0.3 is 30.1 Å². The van der Waals surface area contributed by atoms with Crippen LogP contribution in [0.15, 0.2) is 97.6 Å². The lowest BCUT2D eigenvalue weighted by Crippen LogP contribution is -2.60. The topological polar surface area (TPSA) is 210 Å². The van der Waals surface area contributed by atoms with E-state index in [0.29, 0.717) is 28.1 Å². The third kappa shape index (κ3) is 7.90. The molecule has 1 saturated heterocycles. The van der Waals surface area contributed by atoms with Crippen molar-refractivity contribution in [2.24, 2.45) is 11.3 Å². The van der Waals surface area contributed by atoms with Gasteiger partial charge in [-0.1, -0.05) is 87.5 Å². The average Bonchev–Trinajstić information content (AvgIpc) is 4.14. The number of amides is 4. The number of ether oxygens (including phenoxy) is 2. The molecule has 2 saturated carbocycles. The first-order valence-corrected chi connectivity index (χ1v) is 21.0. The maximum absolute atomic E-state index is 14.5. The number of carbonyl (C=O) groups is 5. The third-order valence-electron chi connectivity index (χ3n) is 11.5. The summed E-state index contributed by atoms with van der Waals surface area (Å²) in [5, 5.41) is 15.4. The van der Waals surface area contributed by atoms with Gasteiger partial charge in [-0.25, -0.2) is 18.2 Å². The van der Waals surface area contributed by atoms with E-state index in [0.717, 1.165) is 5.56 Å². The van der Waals surface area contributed by atoms with Crippen molar-refractivity contribution >= 4 is 50.5 Å². The summed E-state index contributed by atoms with van der Waals surface area (Å²) >= 11 is 0. The zero-order valence-electron chi connectivity index (χ0n) is 33.6. The van der Waals surface area contributed by atoms with Crippen LogP contribution in [0, 0.1) is 11.3 Å². The highest BCUT2D eigenvalue weighted by atomic mass is 32.2. The minimum Gasteiger partial charge on any atom is -0.497 e. The maximum Gasteiger partial charge on any atom is 0.405 e. The number of Topliss-reactive ketones (excluding diaryl/α,β-unsaturated/α-hetero) is 1. The van der Waals surface area contributed by atoms with Crippen LogP contribution in [0.5, 0.6) is 11.5 Å². The molecule has 60 heavy (non-hydrogen) atoms. The first-order chi connectivity index (χ1) is 28.4. The molecule has 2 aliphatic carbocycles. The molecular weight excluding hydrogens is 791 g/mol. The molecule has 5 unspecified atom stereocenters. The first-order valence-electron chi connectivity index (χ1n) is 19.5. The predicted molar refractivity (Wildman–Crippen MR) is 222 cm³/mol. The lowest BCUT2D eigenvalue weighted by atomic mass is 9.85. The second-order valence-corrected chi connectivity index (χ2v) is 18.6. The molecule has 16 heteroatoms. The van der Waals surface area contributed by atoms with Gasteiger partial charge in [-0.05, 0) is 36.8 Å². The lowest BCUT2D eigenvalue weighted by Gasteiger charge is -2.35. The molecule has 4 aromatic rings. The zero-order chi connectivity index (χ0) is 43.2. The number of methoxy groups -OCH3 is 1. The molecule has 5 atom stereocenters. The number of carboxylic acid groups (broad SMARTS) is 1. The van der Waals surface area contributed by atoms with Crippen LogP contribution in [0.2, 0.25) is 0 Å². The number of hydrogen-bond donors (Lipinski definition) is 4. The second-order valence-electron chi connectivity index (χ2n) is 16.6. The van der Waals surface area contributed by atoms with E-state index in [4.69, 9.17) is 14.5 Å². The maximum atomic E-state index is 14.5. The molecule has 3 fully saturated rings. The first kappa shape index (κ1) is 41.9. The van der Waals surface area contributed by atoms with Crippen molar-refractivity contribution in [2.45, 2.75) is 74.9 Å². The largest absolute Gasteiger partial charge is 0.497 e. The molecule has 15 nitrogen and oxygen atoms in total. The molecular formula is C44H47N5O10S. The highest BCUT2D eigenvalue weighted by Crippen LogP contribution is 2.48. The van der Waals surface area contributed by atoms with E-state index in [2.05, 4.69) is 21.9 Å². The normalized spacial score (nSPS) is 22.2. The van der Waals surface area contributed by atoms with E-state index in [1.165, 1.54) is 23.1 Å². The van der Waals surface area contributed by atoms with Crippen LogP contribution < -0.4 is 24.8 Å². The predicted octanol–water partition coefficient (Wildman–Crippen LogP) is 4.86. The minimum atomic E-state index is -4.57. The van der Waals surface area contributed by atoms with Crippen LogP contribution >= 0.6 is 0 Å². The highest BCUT2D eigenvalue weighted by molar-refractivity contribution is 7.92. The molecule has 0 radical (unpaired) electrons. The highest BCUT2D eigenvalue weighted by Gasteiger charge is 2.65. The minimum absolute atomic E-state index is 0.00371. The van der Waals surface area contributed by atoms with Gasteiger partial charge in [-0.2, -0.15) is 0 Å². The van der Waals surface area contributed by atoms with Crippen LogP contribution in [-0.2, 0) is 24.4 Å². The Morgan fingerprint density at radius 1 is 0.983 bits per heavy atom. The monoisotopic (exact) mass is 837 g/mol. The summed E-state index contributed by atoms with van der Waals surface area (Å²) < 4.78 is 39.9. The number of hydrogen-bond acceptors (Lipinski definition) is 10. The Morgan fingerprint density at radius 3 is 2.23 bits per heavy atom. The fraction of sp³-hybridized carbons (Fsp3) is 0.364. The third-order valence-corrected chi connectivity index (χ3v) is 13.6. The molecule has 3 aliphatic rings.